The van der Waals surface area contributed by atoms with Crippen LogP contribution in [-0.4, -0.2) is 14.2 Å². The number of benzene rings is 2. The van der Waals surface area contributed by atoms with Crippen molar-refractivity contribution >= 4 is 0 Å². The van der Waals surface area contributed by atoms with Gasteiger partial charge >= 0.3 is 0 Å². The average Bonchev–Trinajstić information content (AvgIpc) is 2.46. The zero-order valence-electron chi connectivity index (χ0n) is 10.6. The fourth-order valence-electron chi connectivity index (χ4n) is 1.98. The summed E-state index contributed by atoms with van der Waals surface area (Å²) in [6, 6.07) is 14.0. The summed E-state index contributed by atoms with van der Waals surface area (Å²) in [5.74, 6) is 1.47. The Kier molecular flexibility index (Phi) is 3.85. The van der Waals surface area contributed by atoms with Crippen molar-refractivity contribution < 1.29 is 9.47 Å². The van der Waals surface area contributed by atoms with Crippen LogP contribution in [0.15, 0.2) is 42.5 Å². The largest absolute Gasteiger partial charge is 0.493 e. The van der Waals surface area contributed by atoms with Crippen molar-refractivity contribution in [1.82, 2.24) is 0 Å². The topological polar surface area (TPSA) is 44.5 Å². The van der Waals surface area contributed by atoms with E-state index in [2.05, 4.69) is 6.07 Å². The normalized spacial score (nSPS) is 10.2. The number of hydrogen-bond acceptors (Lipinski definition) is 3. The molecule has 2 rings (SSSR count). The monoisotopic (exact) mass is 243 g/mol. The van der Waals surface area contributed by atoms with Crippen LogP contribution in [0.1, 0.15) is 5.56 Å². The minimum absolute atomic E-state index is 0.528. The summed E-state index contributed by atoms with van der Waals surface area (Å²) in [6.45, 7) is 0.528. The molecule has 0 atom stereocenters. The second-order valence-corrected chi connectivity index (χ2v) is 3.95. The van der Waals surface area contributed by atoms with E-state index in [0.29, 0.717) is 6.54 Å². The number of rotatable bonds is 4. The highest BCUT2D eigenvalue weighted by Gasteiger charge is 2.11. The number of para-hydroxylation sites is 1. The summed E-state index contributed by atoms with van der Waals surface area (Å²) in [6.07, 6.45) is 0. The first-order valence-electron chi connectivity index (χ1n) is 5.80. The van der Waals surface area contributed by atoms with Gasteiger partial charge in [-0.1, -0.05) is 30.3 Å². The summed E-state index contributed by atoms with van der Waals surface area (Å²) >= 11 is 0. The molecule has 0 aliphatic heterocycles. The van der Waals surface area contributed by atoms with Crippen LogP contribution in [0.25, 0.3) is 11.1 Å². The predicted octanol–water partition coefficient (Wildman–Crippen LogP) is 2.83. The Morgan fingerprint density at radius 3 is 2.44 bits per heavy atom. The average molecular weight is 243 g/mol. The Hall–Kier alpha value is -2.00. The van der Waals surface area contributed by atoms with E-state index in [0.717, 1.165) is 28.2 Å². The Morgan fingerprint density at radius 2 is 1.78 bits per heavy atom. The van der Waals surface area contributed by atoms with E-state index in [1.165, 1.54) is 0 Å². The first-order valence-corrected chi connectivity index (χ1v) is 5.80. The van der Waals surface area contributed by atoms with Gasteiger partial charge in [0.25, 0.3) is 0 Å². The molecule has 0 amide bonds. The molecule has 0 aliphatic rings. The molecule has 0 heterocycles. The Balaban J connectivity index is 2.55. The maximum absolute atomic E-state index is 5.67. The zero-order valence-corrected chi connectivity index (χ0v) is 10.6. The number of hydrogen-bond donors (Lipinski definition) is 1. The summed E-state index contributed by atoms with van der Waals surface area (Å²) < 4.78 is 10.7. The maximum Gasteiger partial charge on any atom is 0.168 e. The van der Waals surface area contributed by atoms with Crippen molar-refractivity contribution in [1.29, 1.82) is 0 Å². The van der Waals surface area contributed by atoms with Crippen LogP contribution < -0.4 is 15.2 Å². The molecule has 0 unspecified atom stereocenters. The third kappa shape index (κ3) is 2.31. The van der Waals surface area contributed by atoms with Gasteiger partial charge in [-0.05, 0) is 23.3 Å². The summed E-state index contributed by atoms with van der Waals surface area (Å²) in [4.78, 5) is 0. The summed E-state index contributed by atoms with van der Waals surface area (Å²) in [5, 5.41) is 0. The quantitative estimate of drug-likeness (QED) is 0.898. The van der Waals surface area contributed by atoms with E-state index in [1.54, 1.807) is 14.2 Å². The Bertz CT molecular complexity index is 538. The van der Waals surface area contributed by atoms with Crippen LogP contribution in [0.2, 0.25) is 0 Å². The molecule has 94 valence electrons. The van der Waals surface area contributed by atoms with Gasteiger partial charge in [-0.15, -0.1) is 0 Å². The first kappa shape index (κ1) is 12.5. The number of nitrogens with two attached hydrogens (primary N) is 1. The van der Waals surface area contributed by atoms with Crippen LogP contribution in [0.3, 0.4) is 0 Å². The van der Waals surface area contributed by atoms with Crippen molar-refractivity contribution in [3.63, 3.8) is 0 Å². The minimum Gasteiger partial charge on any atom is -0.493 e. The van der Waals surface area contributed by atoms with Crippen LogP contribution in [0, 0.1) is 0 Å². The molecule has 0 saturated carbocycles. The molecule has 3 heteroatoms. The Labute approximate surface area is 107 Å². The molecule has 3 nitrogen and oxygen atoms in total. The fourth-order valence-corrected chi connectivity index (χ4v) is 1.98. The van der Waals surface area contributed by atoms with Gasteiger partial charge in [0.2, 0.25) is 0 Å². The molecule has 0 saturated heterocycles. The van der Waals surface area contributed by atoms with E-state index < -0.39 is 0 Å². The SMILES string of the molecule is COc1cccc(-c2cccc(CN)c2)c1OC. The lowest BCUT2D eigenvalue weighted by atomic mass is 10.0. The smallest absolute Gasteiger partial charge is 0.168 e. The van der Waals surface area contributed by atoms with E-state index in [4.69, 9.17) is 15.2 Å². The van der Waals surface area contributed by atoms with Gasteiger partial charge in [-0.25, -0.2) is 0 Å². The number of methoxy groups -OCH3 is 2. The highest BCUT2D eigenvalue weighted by atomic mass is 16.5. The molecule has 0 aromatic heterocycles. The highest BCUT2D eigenvalue weighted by Crippen LogP contribution is 2.37. The Morgan fingerprint density at radius 1 is 1.00 bits per heavy atom. The second kappa shape index (κ2) is 5.56. The lowest BCUT2D eigenvalue weighted by molar-refractivity contribution is 0.356. The van der Waals surface area contributed by atoms with Gasteiger partial charge in [-0.2, -0.15) is 0 Å². The molecule has 0 fully saturated rings. The standard InChI is InChI=1S/C15H17NO2/c1-17-14-8-4-7-13(15(14)18-2)12-6-3-5-11(9-12)10-16/h3-9H,10,16H2,1-2H3. The van der Waals surface area contributed by atoms with Crippen molar-refractivity contribution in [2.24, 2.45) is 5.73 Å². The molecule has 0 spiro atoms. The summed E-state index contributed by atoms with van der Waals surface area (Å²) in [5.41, 5.74) is 8.85. The molecule has 2 aromatic rings. The molecule has 2 aromatic carbocycles. The van der Waals surface area contributed by atoms with Gasteiger partial charge in [0.1, 0.15) is 0 Å². The third-order valence-corrected chi connectivity index (χ3v) is 2.88. The van der Waals surface area contributed by atoms with Crippen LogP contribution >= 0.6 is 0 Å². The first-order chi connectivity index (χ1) is 8.80. The van der Waals surface area contributed by atoms with Crippen molar-refractivity contribution in [2.45, 2.75) is 6.54 Å². The molecule has 0 radical (unpaired) electrons. The molecular formula is C15H17NO2. The van der Waals surface area contributed by atoms with Crippen molar-refractivity contribution in [2.75, 3.05) is 14.2 Å². The van der Waals surface area contributed by atoms with Gasteiger partial charge in [0.05, 0.1) is 14.2 Å². The van der Waals surface area contributed by atoms with Crippen LogP contribution in [0.5, 0.6) is 11.5 Å². The minimum atomic E-state index is 0.528. The van der Waals surface area contributed by atoms with E-state index in [1.807, 2.05) is 36.4 Å². The predicted molar refractivity (Wildman–Crippen MR) is 72.9 cm³/mol. The molecule has 2 N–H and O–H groups in total. The number of ether oxygens (including phenoxy) is 2. The van der Waals surface area contributed by atoms with E-state index in [-0.39, 0.29) is 0 Å². The lowest BCUT2D eigenvalue weighted by Crippen LogP contribution is -1.97. The van der Waals surface area contributed by atoms with Crippen molar-refractivity contribution in [3.05, 3.63) is 48.0 Å². The van der Waals surface area contributed by atoms with Gasteiger partial charge in [0, 0.05) is 12.1 Å². The van der Waals surface area contributed by atoms with E-state index >= 15 is 0 Å². The van der Waals surface area contributed by atoms with Gasteiger partial charge in [-0.3, -0.25) is 0 Å². The second-order valence-electron chi connectivity index (χ2n) is 3.95. The fraction of sp³-hybridized carbons (Fsp3) is 0.200. The maximum atomic E-state index is 5.67. The molecule has 18 heavy (non-hydrogen) atoms. The summed E-state index contributed by atoms with van der Waals surface area (Å²) in [7, 11) is 3.28. The zero-order chi connectivity index (χ0) is 13.0. The van der Waals surface area contributed by atoms with Crippen LogP contribution in [-0.2, 0) is 6.54 Å². The molecule has 0 aliphatic carbocycles. The van der Waals surface area contributed by atoms with Gasteiger partial charge in [0.15, 0.2) is 11.5 Å². The molecular weight excluding hydrogens is 226 g/mol. The van der Waals surface area contributed by atoms with E-state index in [9.17, 15) is 0 Å². The third-order valence-electron chi connectivity index (χ3n) is 2.88. The highest BCUT2D eigenvalue weighted by molar-refractivity contribution is 5.74. The van der Waals surface area contributed by atoms with Crippen LogP contribution in [0.4, 0.5) is 0 Å². The van der Waals surface area contributed by atoms with Gasteiger partial charge < -0.3 is 15.2 Å². The lowest BCUT2D eigenvalue weighted by Gasteiger charge is -2.13. The van der Waals surface area contributed by atoms with Crippen molar-refractivity contribution in [3.8, 4) is 22.6 Å². The molecule has 0 bridgehead atoms.